The van der Waals surface area contributed by atoms with Crippen molar-refractivity contribution in [1.82, 2.24) is 15.5 Å². The molecular formula is C19H27N3O4. The Hall–Kier alpha value is -2.41. The molecule has 0 saturated carbocycles. The molecule has 0 spiro atoms. The summed E-state index contributed by atoms with van der Waals surface area (Å²) >= 11 is 0. The summed E-state index contributed by atoms with van der Waals surface area (Å²) in [5.74, 6) is 0.617. The number of alkyl carbamates (subject to hydrolysis) is 1. The third-order valence-corrected chi connectivity index (χ3v) is 3.52. The average Bonchev–Trinajstić information content (AvgIpc) is 3.02. The van der Waals surface area contributed by atoms with Crippen molar-refractivity contribution < 1.29 is 19.1 Å². The maximum absolute atomic E-state index is 12.1. The van der Waals surface area contributed by atoms with Crippen LogP contribution in [0.4, 0.5) is 4.79 Å². The normalized spacial score (nSPS) is 14.1. The SMILES string of the molecule is CC(C)C[C@H](NC(=O)OC(C)(C)C)C(O)c1nnc(-c2ccccc2)o1. The lowest BCUT2D eigenvalue weighted by Gasteiger charge is -2.26. The van der Waals surface area contributed by atoms with Gasteiger partial charge in [0.05, 0.1) is 6.04 Å². The zero-order valence-electron chi connectivity index (χ0n) is 15.9. The molecule has 1 aromatic heterocycles. The van der Waals surface area contributed by atoms with Gasteiger partial charge >= 0.3 is 6.09 Å². The van der Waals surface area contributed by atoms with Gasteiger partial charge in [0.25, 0.3) is 0 Å². The molecule has 26 heavy (non-hydrogen) atoms. The fourth-order valence-electron chi connectivity index (χ4n) is 2.46. The van der Waals surface area contributed by atoms with Crippen LogP contribution in [0.1, 0.15) is 53.0 Å². The number of carbonyl (C=O) groups excluding carboxylic acids is 1. The van der Waals surface area contributed by atoms with Gasteiger partial charge in [0.1, 0.15) is 5.60 Å². The zero-order chi connectivity index (χ0) is 19.3. The Bertz CT molecular complexity index is 707. The summed E-state index contributed by atoms with van der Waals surface area (Å²) < 4.78 is 10.9. The van der Waals surface area contributed by atoms with Crippen molar-refractivity contribution in [2.45, 2.75) is 58.8 Å². The van der Waals surface area contributed by atoms with Gasteiger partial charge in [0.2, 0.25) is 11.8 Å². The summed E-state index contributed by atoms with van der Waals surface area (Å²) in [5.41, 5.74) is 0.140. The summed E-state index contributed by atoms with van der Waals surface area (Å²) in [6.45, 7) is 9.35. The number of ether oxygens (including phenoxy) is 1. The van der Waals surface area contributed by atoms with Gasteiger partial charge in [-0.3, -0.25) is 0 Å². The number of hydrogen-bond acceptors (Lipinski definition) is 6. The Balaban J connectivity index is 2.14. The minimum atomic E-state index is -1.13. The number of carbonyl (C=O) groups is 1. The summed E-state index contributed by atoms with van der Waals surface area (Å²) in [6.07, 6.45) is -1.19. The van der Waals surface area contributed by atoms with Crippen LogP contribution >= 0.6 is 0 Å². The third kappa shape index (κ3) is 5.84. The van der Waals surface area contributed by atoms with Gasteiger partial charge in [-0.15, -0.1) is 10.2 Å². The van der Waals surface area contributed by atoms with E-state index in [1.807, 2.05) is 44.2 Å². The fourth-order valence-corrected chi connectivity index (χ4v) is 2.46. The summed E-state index contributed by atoms with van der Waals surface area (Å²) in [6, 6.07) is 8.69. The highest BCUT2D eigenvalue weighted by atomic mass is 16.6. The summed E-state index contributed by atoms with van der Waals surface area (Å²) in [7, 11) is 0. The Morgan fingerprint density at radius 2 is 1.88 bits per heavy atom. The smallest absolute Gasteiger partial charge is 0.407 e. The molecule has 0 fully saturated rings. The number of aliphatic hydroxyl groups excluding tert-OH is 1. The van der Waals surface area contributed by atoms with Crippen LogP contribution in [0.15, 0.2) is 34.7 Å². The number of hydrogen-bond donors (Lipinski definition) is 2. The zero-order valence-corrected chi connectivity index (χ0v) is 15.9. The predicted octanol–water partition coefficient (Wildman–Crippen LogP) is 3.71. The van der Waals surface area contributed by atoms with E-state index in [2.05, 4.69) is 15.5 Å². The Morgan fingerprint density at radius 1 is 1.23 bits per heavy atom. The fraction of sp³-hybridized carbons (Fsp3) is 0.526. The summed E-state index contributed by atoms with van der Waals surface area (Å²) in [4.78, 5) is 12.1. The number of aliphatic hydroxyl groups is 1. The maximum atomic E-state index is 12.1. The highest BCUT2D eigenvalue weighted by Gasteiger charge is 2.30. The molecule has 0 aliphatic heterocycles. The van der Waals surface area contributed by atoms with Crippen molar-refractivity contribution in [3.8, 4) is 11.5 Å². The standard InChI is InChI=1S/C19H27N3O4/c1-12(2)11-14(20-18(24)26-19(3,4)5)15(23)17-22-21-16(25-17)13-9-7-6-8-10-13/h6-10,12,14-15,23H,11H2,1-5H3,(H,20,24)/t14-,15?/m0/s1. The van der Waals surface area contributed by atoms with E-state index >= 15 is 0 Å². The van der Waals surface area contributed by atoms with Crippen LogP contribution in [0.2, 0.25) is 0 Å². The van der Waals surface area contributed by atoms with Crippen molar-refractivity contribution in [2.24, 2.45) is 5.92 Å². The van der Waals surface area contributed by atoms with E-state index in [0.717, 1.165) is 5.56 Å². The molecule has 1 heterocycles. The lowest BCUT2D eigenvalue weighted by Crippen LogP contribution is -2.43. The molecule has 0 saturated heterocycles. The number of nitrogens with one attached hydrogen (secondary N) is 1. The third-order valence-electron chi connectivity index (χ3n) is 3.52. The number of aromatic nitrogens is 2. The Morgan fingerprint density at radius 3 is 2.46 bits per heavy atom. The van der Waals surface area contributed by atoms with Crippen LogP contribution < -0.4 is 5.32 Å². The van der Waals surface area contributed by atoms with E-state index in [0.29, 0.717) is 12.3 Å². The molecule has 1 unspecified atom stereocenters. The first kappa shape index (κ1) is 19.9. The predicted molar refractivity (Wildman–Crippen MR) is 97.3 cm³/mol. The van der Waals surface area contributed by atoms with E-state index in [4.69, 9.17) is 9.15 Å². The van der Waals surface area contributed by atoms with E-state index in [9.17, 15) is 9.90 Å². The first-order valence-corrected chi connectivity index (χ1v) is 8.72. The van der Waals surface area contributed by atoms with Crippen LogP contribution in [-0.2, 0) is 4.74 Å². The van der Waals surface area contributed by atoms with Gasteiger partial charge in [0.15, 0.2) is 6.10 Å². The van der Waals surface area contributed by atoms with Crippen LogP contribution in [0, 0.1) is 5.92 Å². The van der Waals surface area contributed by atoms with Crippen LogP contribution in [0.25, 0.3) is 11.5 Å². The van der Waals surface area contributed by atoms with E-state index < -0.39 is 23.8 Å². The molecule has 7 heteroatoms. The molecule has 142 valence electrons. The van der Waals surface area contributed by atoms with Crippen LogP contribution in [-0.4, -0.2) is 33.0 Å². The van der Waals surface area contributed by atoms with Gasteiger partial charge in [-0.2, -0.15) is 0 Å². The van der Waals surface area contributed by atoms with E-state index in [1.54, 1.807) is 20.8 Å². The number of amides is 1. The van der Waals surface area contributed by atoms with Crippen LogP contribution in [0.3, 0.4) is 0 Å². The second-order valence-corrected chi connectivity index (χ2v) is 7.64. The molecule has 7 nitrogen and oxygen atoms in total. The molecule has 0 radical (unpaired) electrons. The maximum Gasteiger partial charge on any atom is 0.407 e. The molecule has 2 atom stereocenters. The second-order valence-electron chi connectivity index (χ2n) is 7.64. The number of rotatable bonds is 6. The molecule has 1 aromatic carbocycles. The average molecular weight is 361 g/mol. The molecule has 2 aromatic rings. The molecular weight excluding hydrogens is 334 g/mol. The Labute approximate surface area is 153 Å². The highest BCUT2D eigenvalue weighted by Crippen LogP contribution is 2.25. The summed E-state index contributed by atoms with van der Waals surface area (Å²) in [5, 5.41) is 21.3. The highest BCUT2D eigenvalue weighted by molar-refractivity contribution is 5.68. The van der Waals surface area contributed by atoms with Gasteiger partial charge < -0.3 is 19.6 Å². The van der Waals surface area contributed by atoms with Crippen LogP contribution in [0.5, 0.6) is 0 Å². The monoisotopic (exact) mass is 361 g/mol. The van der Waals surface area contributed by atoms with Crippen molar-refractivity contribution >= 4 is 6.09 Å². The largest absolute Gasteiger partial charge is 0.444 e. The molecule has 1 amide bonds. The van der Waals surface area contributed by atoms with Gasteiger partial charge in [-0.25, -0.2) is 4.79 Å². The van der Waals surface area contributed by atoms with E-state index in [-0.39, 0.29) is 11.8 Å². The van der Waals surface area contributed by atoms with E-state index in [1.165, 1.54) is 0 Å². The van der Waals surface area contributed by atoms with Crippen molar-refractivity contribution in [1.29, 1.82) is 0 Å². The van der Waals surface area contributed by atoms with Gasteiger partial charge in [-0.1, -0.05) is 32.0 Å². The molecule has 0 aliphatic carbocycles. The first-order valence-electron chi connectivity index (χ1n) is 8.72. The molecule has 2 N–H and O–H groups in total. The Kier molecular flexibility index (Phi) is 6.37. The minimum absolute atomic E-state index is 0.0607. The minimum Gasteiger partial charge on any atom is -0.444 e. The topological polar surface area (TPSA) is 97.5 Å². The van der Waals surface area contributed by atoms with Gasteiger partial charge in [0, 0.05) is 5.56 Å². The molecule has 0 bridgehead atoms. The van der Waals surface area contributed by atoms with Crippen molar-refractivity contribution in [3.63, 3.8) is 0 Å². The molecule has 2 rings (SSSR count). The first-order chi connectivity index (χ1) is 12.2. The lowest BCUT2D eigenvalue weighted by molar-refractivity contribution is 0.0366. The number of benzene rings is 1. The quantitative estimate of drug-likeness (QED) is 0.814. The number of nitrogens with zero attached hydrogens (tertiary/aromatic N) is 2. The molecule has 0 aliphatic rings. The van der Waals surface area contributed by atoms with Crippen molar-refractivity contribution in [3.05, 3.63) is 36.2 Å². The lowest BCUT2D eigenvalue weighted by atomic mass is 9.99. The second kappa shape index (κ2) is 8.31. The van der Waals surface area contributed by atoms with Gasteiger partial charge in [-0.05, 0) is 45.2 Å². The van der Waals surface area contributed by atoms with Crippen molar-refractivity contribution in [2.75, 3.05) is 0 Å².